The molecule has 0 heterocycles. The second-order valence-electron chi connectivity index (χ2n) is 6.36. The monoisotopic (exact) mass is 354 g/mol. The first-order valence-corrected chi connectivity index (χ1v) is 9.05. The normalized spacial score (nSPS) is 13.9. The van der Waals surface area contributed by atoms with Crippen molar-refractivity contribution < 1.29 is 18.8 Å². The average molecular weight is 354 g/mol. The first-order chi connectivity index (χ1) is 11.2. The van der Waals surface area contributed by atoms with Gasteiger partial charge in [0.2, 0.25) is 11.4 Å². The maximum Gasteiger partial charge on any atom is 0.328 e. The second-order valence-corrected chi connectivity index (χ2v) is 8.39. The van der Waals surface area contributed by atoms with Gasteiger partial charge in [0, 0.05) is 6.42 Å². The topological polar surface area (TPSA) is 67.8 Å². The Kier molecular flexibility index (Phi) is 7.79. The molecule has 1 aromatic rings. The Hall–Kier alpha value is -1.50. The van der Waals surface area contributed by atoms with Crippen LogP contribution >= 0.6 is 0 Å². The molecule has 1 unspecified atom stereocenters. The van der Waals surface area contributed by atoms with Gasteiger partial charge in [-0.1, -0.05) is 23.4 Å². The Labute approximate surface area is 147 Å². The van der Waals surface area contributed by atoms with E-state index in [1.54, 1.807) is 14.0 Å². The Morgan fingerprint density at radius 2 is 2.08 bits per heavy atom. The van der Waals surface area contributed by atoms with Gasteiger partial charge in [-0.25, -0.2) is 0 Å². The zero-order chi connectivity index (χ0) is 18.3. The molecule has 24 heavy (non-hydrogen) atoms. The van der Waals surface area contributed by atoms with Crippen LogP contribution in [0.4, 0.5) is 0 Å². The van der Waals surface area contributed by atoms with Gasteiger partial charge < -0.3 is 9.47 Å². The van der Waals surface area contributed by atoms with Crippen LogP contribution in [-0.2, 0) is 20.9 Å². The van der Waals surface area contributed by atoms with Crippen LogP contribution in [0.5, 0.6) is 5.75 Å². The van der Waals surface area contributed by atoms with E-state index >= 15 is 0 Å². The van der Waals surface area contributed by atoms with E-state index in [4.69, 9.17) is 9.47 Å². The number of nitrogens with one attached hydrogen (secondary N) is 1. The first kappa shape index (κ1) is 20.5. The summed E-state index contributed by atoms with van der Waals surface area (Å²) in [5.41, 5.74) is 1.66. The molecule has 1 aromatic carbocycles. The molecule has 0 radical (unpaired) electrons. The molecule has 0 aliphatic carbocycles. The number of rotatable bonds is 8. The summed E-state index contributed by atoms with van der Waals surface area (Å²) in [7, 11) is 1.60. The van der Waals surface area contributed by atoms with Gasteiger partial charge in [-0.3, -0.25) is 4.79 Å². The van der Waals surface area contributed by atoms with Gasteiger partial charge in [0.25, 0.3) is 0 Å². The van der Waals surface area contributed by atoms with Crippen molar-refractivity contribution in [3.05, 3.63) is 36.4 Å². The Morgan fingerprint density at radius 3 is 2.62 bits per heavy atom. The molecular weight excluding hydrogens is 326 g/mol. The van der Waals surface area contributed by atoms with Crippen LogP contribution in [0.3, 0.4) is 0 Å². The molecule has 1 rings (SSSR count). The van der Waals surface area contributed by atoms with Crippen molar-refractivity contribution in [2.45, 2.75) is 44.9 Å². The lowest BCUT2D eigenvalue weighted by atomic mass is 10.0. The lowest BCUT2D eigenvalue weighted by Gasteiger charge is -2.20. The third-order valence-corrected chi connectivity index (χ3v) is 5.00. The van der Waals surface area contributed by atoms with E-state index in [-0.39, 0.29) is 11.4 Å². The summed E-state index contributed by atoms with van der Waals surface area (Å²) < 4.78 is 23.3. The maximum atomic E-state index is 12.2. The highest BCUT2D eigenvalue weighted by molar-refractivity contribution is 7.90. The van der Waals surface area contributed by atoms with E-state index in [1.807, 2.05) is 45.0 Å². The largest absolute Gasteiger partial charge is 0.497 e. The first-order valence-electron chi connectivity index (χ1n) is 7.87. The summed E-state index contributed by atoms with van der Waals surface area (Å²) in [5.74, 6) is 0.336. The summed E-state index contributed by atoms with van der Waals surface area (Å²) in [6.07, 6.45) is 0.339. The molecule has 0 spiro atoms. The number of esters is 1. The summed E-state index contributed by atoms with van der Waals surface area (Å²) in [4.78, 5) is 12.2. The molecule has 0 bridgehead atoms. The standard InChI is InChI=1S/C18H28NO4S/c1-7-23-17(20)16(19-24(21)18(3,4)5)11-13(2)14-9-8-10-15(12-14)22-6/h8-10,12,16,19,21H,2,7,11H2,1,3-6H3/q+1/t16-,24?/m1/s1. The minimum atomic E-state index is -1.14. The van der Waals surface area contributed by atoms with Gasteiger partial charge >= 0.3 is 5.97 Å². The van der Waals surface area contributed by atoms with Gasteiger partial charge in [0.1, 0.15) is 5.75 Å². The van der Waals surface area contributed by atoms with Crippen LogP contribution in [0.25, 0.3) is 5.57 Å². The molecule has 0 fully saturated rings. The highest BCUT2D eigenvalue weighted by Gasteiger charge is 2.39. The molecule has 0 aliphatic heterocycles. The molecule has 2 atom stereocenters. The number of hydrogen-bond donors (Lipinski definition) is 2. The van der Waals surface area contributed by atoms with Crippen LogP contribution in [0.1, 0.15) is 39.7 Å². The van der Waals surface area contributed by atoms with E-state index in [9.17, 15) is 9.35 Å². The third-order valence-electron chi connectivity index (χ3n) is 3.33. The van der Waals surface area contributed by atoms with Crippen molar-refractivity contribution in [1.82, 2.24) is 4.72 Å². The number of benzene rings is 1. The molecule has 134 valence electrons. The van der Waals surface area contributed by atoms with Gasteiger partial charge in [-0.15, -0.1) is 0 Å². The molecule has 0 saturated carbocycles. The van der Waals surface area contributed by atoms with Crippen LogP contribution in [0, 0.1) is 0 Å². The smallest absolute Gasteiger partial charge is 0.328 e. The lowest BCUT2D eigenvalue weighted by molar-refractivity contribution is -0.144. The van der Waals surface area contributed by atoms with Crippen molar-refractivity contribution in [3.8, 4) is 5.75 Å². The zero-order valence-electron chi connectivity index (χ0n) is 15.1. The number of hydrogen-bond acceptors (Lipinski definition) is 5. The Balaban J connectivity index is 2.90. The summed E-state index contributed by atoms with van der Waals surface area (Å²) in [6.45, 7) is 11.8. The predicted molar refractivity (Wildman–Crippen MR) is 99.9 cm³/mol. The van der Waals surface area contributed by atoms with Crippen LogP contribution < -0.4 is 9.46 Å². The fourth-order valence-electron chi connectivity index (χ4n) is 1.93. The van der Waals surface area contributed by atoms with E-state index in [1.165, 1.54) is 0 Å². The Bertz CT molecular complexity index is 568. The minimum Gasteiger partial charge on any atom is -0.497 e. The zero-order valence-corrected chi connectivity index (χ0v) is 15.9. The van der Waals surface area contributed by atoms with Crippen molar-refractivity contribution in [1.29, 1.82) is 0 Å². The third kappa shape index (κ3) is 6.19. The average Bonchev–Trinajstić information content (AvgIpc) is 2.53. The van der Waals surface area contributed by atoms with Crippen LogP contribution in [0.15, 0.2) is 30.8 Å². The lowest BCUT2D eigenvalue weighted by Crippen LogP contribution is -2.48. The minimum absolute atomic E-state index is 0.289. The van der Waals surface area contributed by atoms with Gasteiger partial charge in [0.15, 0.2) is 10.8 Å². The van der Waals surface area contributed by atoms with Gasteiger partial charge in [-0.2, -0.15) is 4.55 Å². The van der Waals surface area contributed by atoms with Crippen molar-refractivity contribution in [2.75, 3.05) is 13.7 Å². The van der Waals surface area contributed by atoms with Crippen molar-refractivity contribution >= 4 is 22.9 Å². The second kappa shape index (κ2) is 9.11. The SMILES string of the molecule is C=C(C[C@@H](N[S+](O)C(C)(C)C)C(=O)OCC)c1cccc(OC)c1. The molecule has 6 heteroatoms. The highest BCUT2D eigenvalue weighted by Crippen LogP contribution is 2.24. The van der Waals surface area contributed by atoms with E-state index in [0.717, 1.165) is 16.9 Å². The quantitative estimate of drug-likeness (QED) is 0.553. The number of methoxy groups -OCH3 is 1. The summed E-state index contributed by atoms with van der Waals surface area (Å²) >= 11 is -1.14. The summed E-state index contributed by atoms with van der Waals surface area (Å²) in [6, 6.07) is 6.85. The van der Waals surface area contributed by atoms with E-state index < -0.39 is 23.4 Å². The van der Waals surface area contributed by atoms with Crippen LogP contribution in [-0.4, -0.2) is 35.0 Å². The molecule has 2 N–H and O–H groups in total. The van der Waals surface area contributed by atoms with E-state index in [2.05, 4.69) is 11.3 Å². The number of carbonyl (C=O) groups is 1. The van der Waals surface area contributed by atoms with Crippen molar-refractivity contribution in [2.24, 2.45) is 0 Å². The predicted octanol–water partition coefficient (Wildman–Crippen LogP) is 3.42. The number of carbonyl (C=O) groups excluding carboxylic acids is 1. The van der Waals surface area contributed by atoms with Gasteiger partial charge in [0.05, 0.1) is 13.7 Å². The highest BCUT2D eigenvalue weighted by atomic mass is 32.2. The van der Waals surface area contributed by atoms with Crippen molar-refractivity contribution in [3.63, 3.8) is 0 Å². The number of ether oxygens (including phenoxy) is 2. The molecule has 0 amide bonds. The Morgan fingerprint density at radius 1 is 1.42 bits per heavy atom. The fourth-order valence-corrected chi connectivity index (χ4v) is 2.74. The molecule has 0 aliphatic rings. The van der Waals surface area contributed by atoms with E-state index in [0.29, 0.717) is 6.42 Å². The summed E-state index contributed by atoms with van der Waals surface area (Å²) in [5, 5.41) is 0. The maximum absolute atomic E-state index is 12.2. The molecule has 5 nitrogen and oxygen atoms in total. The molecular formula is C18H28NO4S+. The molecule has 0 saturated heterocycles. The molecule has 0 aromatic heterocycles. The fraction of sp³-hybridized carbons (Fsp3) is 0.500. The van der Waals surface area contributed by atoms with Gasteiger partial charge in [-0.05, 0) is 51.0 Å². The van der Waals surface area contributed by atoms with Crippen LogP contribution in [0.2, 0.25) is 0 Å².